The van der Waals surface area contributed by atoms with E-state index in [1.165, 1.54) is 0 Å². The smallest absolute Gasteiger partial charge is 0.349 e. The van der Waals surface area contributed by atoms with Crippen molar-refractivity contribution in [3.63, 3.8) is 0 Å². The Morgan fingerprint density at radius 2 is 2.24 bits per heavy atom. The van der Waals surface area contributed by atoms with Crippen molar-refractivity contribution in [1.82, 2.24) is 20.4 Å². The van der Waals surface area contributed by atoms with Gasteiger partial charge in [-0.05, 0) is 26.8 Å². The molecule has 0 aliphatic carbocycles. The maximum atomic E-state index is 13.3. The van der Waals surface area contributed by atoms with E-state index in [0.29, 0.717) is 5.56 Å². The summed E-state index contributed by atoms with van der Waals surface area (Å²) < 4.78 is 41.5. The van der Waals surface area contributed by atoms with Gasteiger partial charge in [-0.25, -0.2) is 0 Å². The SMILES string of the molecule is Cc1c(C(C)NC(=O)C2(C(F)(F)F)CCNC2)cnn1C. The second-order valence-corrected chi connectivity index (χ2v) is 5.51. The van der Waals surface area contributed by atoms with Crippen molar-refractivity contribution in [1.29, 1.82) is 0 Å². The van der Waals surface area contributed by atoms with E-state index in [9.17, 15) is 18.0 Å². The van der Waals surface area contributed by atoms with Crippen LogP contribution in [0.15, 0.2) is 6.20 Å². The van der Waals surface area contributed by atoms with E-state index in [4.69, 9.17) is 0 Å². The Kier molecular flexibility index (Phi) is 4.01. The quantitative estimate of drug-likeness (QED) is 0.888. The lowest BCUT2D eigenvalue weighted by Gasteiger charge is -2.30. The van der Waals surface area contributed by atoms with E-state index >= 15 is 0 Å². The van der Waals surface area contributed by atoms with Crippen molar-refractivity contribution < 1.29 is 18.0 Å². The largest absolute Gasteiger partial charge is 0.404 e. The highest BCUT2D eigenvalue weighted by atomic mass is 19.4. The van der Waals surface area contributed by atoms with Gasteiger partial charge in [0, 0.05) is 24.8 Å². The fourth-order valence-electron chi connectivity index (χ4n) is 2.61. The molecule has 1 fully saturated rings. The van der Waals surface area contributed by atoms with Gasteiger partial charge in [-0.1, -0.05) is 0 Å². The van der Waals surface area contributed by atoms with Gasteiger partial charge in [0.15, 0.2) is 5.41 Å². The average Bonchev–Trinajstić information content (AvgIpc) is 2.98. The van der Waals surface area contributed by atoms with Crippen molar-refractivity contribution in [2.75, 3.05) is 13.1 Å². The molecule has 2 atom stereocenters. The van der Waals surface area contributed by atoms with Gasteiger partial charge in [-0.15, -0.1) is 0 Å². The van der Waals surface area contributed by atoms with Gasteiger partial charge in [-0.2, -0.15) is 18.3 Å². The van der Waals surface area contributed by atoms with Gasteiger partial charge in [0.1, 0.15) is 0 Å². The van der Waals surface area contributed by atoms with Gasteiger partial charge >= 0.3 is 6.18 Å². The van der Waals surface area contributed by atoms with Crippen molar-refractivity contribution in [3.8, 4) is 0 Å². The van der Waals surface area contributed by atoms with Crippen molar-refractivity contribution >= 4 is 5.91 Å². The third-order valence-corrected chi connectivity index (χ3v) is 4.22. The summed E-state index contributed by atoms with van der Waals surface area (Å²) in [5, 5.41) is 9.16. The highest BCUT2D eigenvalue weighted by molar-refractivity contribution is 5.84. The van der Waals surface area contributed by atoms with Gasteiger partial charge in [0.05, 0.1) is 12.2 Å². The van der Waals surface area contributed by atoms with Gasteiger partial charge < -0.3 is 10.6 Å². The van der Waals surface area contributed by atoms with Crippen LogP contribution < -0.4 is 10.6 Å². The van der Waals surface area contributed by atoms with Crippen LogP contribution in [0, 0.1) is 12.3 Å². The Balaban J connectivity index is 2.18. The molecule has 5 nitrogen and oxygen atoms in total. The molecular formula is C13H19F3N4O. The fraction of sp³-hybridized carbons (Fsp3) is 0.692. The van der Waals surface area contributed by atoms with Crippen LogP contribution in [0.4, 0.5) is 13.2 Å². The first-order valence-electron chi connectivity index (χ1n) is 6.76. The number of nitrogens with one attached hydrogen (secondary N) is 2. The monoisotopic (exact) mass is 304 g/mol. The highest BCUT2D eigenvalue weighted by Gasteiger charge is 2.61. The summed E-state index contributed by atoms with van der Waals surface area (Å²) >= 11 is 0. The molecule has 1 saturated heterocycles. The van der Waals surface area contributed by atoms with Crippen LogP contribution in [0.3, 0.4) is 0 Å². The number of amides is 1. The zero-order valence-corrected chi connectivity index (χ0v) is 12.2. The number of nitrogens with zero attached hydrogens (tertiary/aromatic N) is 2. The van der Waals surface area contributed by atoms with Crippen LogP contribution >= 0.6 is 0 Å². The number of hydrogen-bond acceptors (Lipinski definition) is 3. The molecule has 118 valence electrons. The van der Waals surface area contributed by atoms with E-state index in [-0.39, 0.29) is 19.5 Å². The summed E-state index contributed by atoms with van der Waals surface area (Å²) in [5.41, 5.74) is -0.806. The molecule has 0 aromatic carbocycles. The molecule has 8 heteroatoms. The highest BCUT2D eigenvalue weighted by Crippen LogP contribution is 2.43. The summed E-state index contributed by atoms with van der Waals surface area (Å²) in [6, 6.07) is -0.522. The number of aromatic nitrogens is 2. The van der Waals surface area contributed by atoms with Gasteiger partial charge in [0.2, 0.25) is 5.91 Å². The molecular weight excluding hydrogens is 285 g/mol. The minimum Gasteiger partial charge on any atom is -0.349 e. The molecule has 1 aliphatic rings. The molecule has 2 N–H and O–H groups in total. The maximum Gasteiger partial charge on any atom is 0.404 e. The number of carbonyl (C=O) groups is 1. The van der Waals surface area contributed by atoms with E-state index < -0.39 is 23.5 Å². The molecule has 2 rings (SSSR count). The molecule has 1 aliphatic heterocycles. The van der Waals surface area contributed by atoms with Crippen LogP contribution in [0.25, 0.3) is 0 Å². The zero-order chi connectivity index (χ0) is 15.8. The van der Waals surface area contributed by atoms with E-state index in [1.807, 2.05) is 6.92 Å². The number of aryl methyl sites for hydroxylation is 1. The van der Waals surface area contributed by atoms with Crippen molar-refractivity contribution in [2.45, 2.75) is 32.5 Å². The minimum atomic E-state index is -4.57. The number of hydrogen-bond donors (Lipinski definition) is 2. The third-order valence-electron chi connectivity index (χ3n) is 4.22. The molecule has 1 aromatic rings. The first kappa shape index (κ1) is 15.8. The van der Waals surface area contributed by atoms with E-state index in [0.717, 1.165) is 5.69 Å². The second-order valence-electron chi connectivity index (χ2n) is 5.51. The van der Waals surface area contributed by atoms with Crippen LogP contribution in [0.5, 0.6) is 0 Å². The number of carbonyl (C=O) groups excluding carboxylic acids is 1. The lowest BCUT2D eigenvalue weighted by atomic mass is 9.84. The van der Waals surface area contributed by atoms with Crippen LogP contribution in [-0.2, 0) is 11.8 Å². The summed E-state index contributed by atoms with van der Waals surface area (Å²) in [6.45, 7) is 3.28. The molecule has 0 bridgehead atoms. The molecule has 2 heterocycles. The lowest BCUT2D eigenvalue weighted by molar-refractivity contribution is -0.216. The molecule has 0 saturated carbocycles. The zero-order valence-electron chi connectivity index (χ0n) is 12.2. The predicted octanol–water partition coefficient (Wildman–Crippen LogP) is 1.45. The minimum absolute atomic E-state index is 0.188. The number of halogens is 3. The average molecular weight is 304 g/mol. The van der Waals surface area contributed by atoms with Gasteiger partial charge in [0.25, 0.3) is 0 Å². The van der Waals surface area contributed by atoms with E-state index in [2.05, 4.69) is 15.7 Å². The standard InChI is InChI=1S/C13H19F3N4O/c1-8(10-6-18-20(3)9(10)2)19-11(21)12(13(14,15)16)4-5-17-7-12/h6,8,17H,4-5,7H2,1-3H3,(H,19,21). The maximum absolute atomic E-state index is 13.3. The second kappa shape index (κ2) is 5.32. The third kappa shape index (κ3) is 2.64. The Morgan fingerprint density at radius 3 is 2.67 bits per heavy atom. The topological polar surface area (TPSA) is 59.0 Å². The lowest BCUT2D eigenvalue weighted by Crippen LogP contribution is -2.52. The molecule has 1 aromatic heterocycles. The summed E-state index contributed by atoms with van der Waals surface area (Å²) in [7, 11) is 1.74. The molecule has 0 spiro atoms. The summed E-state index contributed by atoms with van der Waals surface area (Å²) in [4.78, 5) is 12.2. The Hall–Kier alpha value is -1.57. The Bertz CT molecular complexity index is 532. The Labute approximate surface area is 120 Å². The molecule has 0 radical (unpaired) electrons. The molecule has 1 amide bonds. The number of rotatable bonds is 3. The summed E-state index contributed by atoms with van der Waals surface area (Å²) in [5.74, 6) is -0.976. The van der Waals surface area contributed by atoms with Crippen LogP contribution in [-0.4, -0.2) is 35.0 Å². The first-order chi connectivity index (χ1) is 9.69. The Morgan fingerprint density at radius 1 is 1.57 bits per heavy atom. The first-order valence-corrected chi connectivity index (χ1v) is 6.76. The van der Waals surface area contributed by atoms with Crippen molar-refractivity contribution in [3.05, 3.63) is 17.5 Å². The summed E-state index contributed by atoms with van der Waals surface area (Å²) in [6.07, 6.45) is -3.24. The van der Waals surface area contributed by atoms with Crippen LogP contribution in [0.1, 0.15) is 30.6 Å². The number of alkyl halides is 3. The normalized spacial score (nSPS) is 24.1. The van der Waals surface area contributed by atoms with Crippen molar-refractivity contribution in [2.24, 2.45) is 12.5 Å². The predicted molar refractivity (Wildman–Crippen MR) is 70.5 cm³/mol. The molecule has 2 unspecified atom stereocenters. The molecule has 21 heavy (non-hydrogen) atoms. The fourth-order valence-corrected chi connectivity index (χ4v) is 2.61. The van der Waals surface area contributed by atoms with Crippen LogP contribution in [0.2, 0.25) is 0 Å². The van der Waals surface area contributed by atoms with Gasteiger partial charge in [-0.3, -0.25) is 9.48 Å². The van der Waals surface area contributed by atoms with E-state index in [1.54, 1.807) is 24.9 Å².